The fourth-order valence-electron chi connectivity index (χ4n) is 1.43. The normalized spacial score (nSPS) is 11.5. The highest BCUT2D eigenvalue weighted by Crippen LogP contribution is 2.08. The van der Waals surface area contributed by atoms with Gasteiger partial charge in [0.05, 0.1) is 12.3 Å². The average Bonchev–Trinajstić information content (AvgIpc) is 2.29. The Labute approximate surface area is 113 Å². The number of rotatable bonds is 6. The Morgan fingerprint density at radius 3 is 2.37 bits per heavy atom. The number of nitrogens with two attached hydrogens (primary N) is 1. The summed E-state index contributed by atoms with van der Waals surface area (Å²) in [4.78, 5) is 11.3. The van der Waals surface area contributed by atoms with E-state index in [9.17, 15) is 13.2 Å². The van der Waals surface area contributed by atoms with Gasteiger partial charge in [-0.25, -0.2) is 13.1 Å². The van der Waals surface area contributed by atoms with Crippen LogP contribution in [0.4, 0.5) is 5.69 Å². The van der Waals surface area contributed by atoms with E-state index < -0.39 is 10.0 Å². The molecule has 0 fully saturated rings. The van der Waals surface area contributed by atoms with E-state index in [0.29, 0.717) is 11.3 Å². The predicted molar refractivity (Wildman–Crippen MR) is 74.8 cm³/mol. The summed E-state index contributed by atoms with van der Waals surface area (Å²) in [6, 6.07) is 6.53. The Morgan fingerprint density at radius 1 is 1.26 bits per heavy atom. The van der Waals surface area contributed by atoms with Gasteiger partial charge in [0.1, 0.15) is 0 Å². The number of hydrogen-bond acceptors (Lipinski definition) is 4. The van der Waals surface area contributed by atoms with Gasteiger partial charge in [0.15, 0.2) is 0 Å². The zero-order chi connectivity index (χ0) is 14.5. The van der Waals surface area contributed by atoms with Crippen molar-refractivity contribution in [1.82, 2.24) is 10.0 Å². The van der Waals surface area contributed by atoms with Crippen LogP contribution in [-0.4, -0.2) is 26.9 Å². The lowest BCUT2D eigenvalue weighted by atomic mass is 10.2. The lowest BCUT2D eigenvalue weighted by Crippen LogP contribution is -2.40. The van der Waals surface area contributed by atoms with Crippen molar-refractivity contribution in [3.05, 3.63) is 29.8 Å². The molecule has 1 rings (SSSR count). The van der Waals surface area contributed by atoms with Gasteiger partial charge in [-0.05, 0) is 31.5 Å². The Kier molecular flexibility index (Phi) is 5.31. The average molecular weight is 285 g/mol. The third kappa shape index (κ3) is 6.21. The van der Waals surface area contributed by atoms with Crippen molar-refractivity contribution in [2.45, 2.75) is 25.6 Å². The maximum atomic E-state index is 11.8. The molecular formula is C12H19N3O3S. The minimum Gasteiger partial charge on any atom is -0.399 e. The van der Waals surface area contributed by atoms with Gasteiger partial charge in [-0.2, -0.15) is 0 Å². The highest BCUT2D eigenvalue weighted by molar-refractivity contribution is 7.88. The molecule has 0 atom stereocenters. The molecule has 0 aliphatic rings. The monoisotopic (exact) mass is 285 g/mol. The zero-order valence-corrected chi connectivity index (χ0v) is 11.8. The molecule has 7 heteroatoms. The second-order valence-corrected chi connectivity index (χ2v) is 6.35. The molecule has 0 aromatic heterocycles. The van der Waals surface area contributed by atoms with Crippen LogP contribution in [-0.2, 0) is 20.6 Å². The fourth-order valence-corrected chi connectivity index (χ4v) is 2.52. The minimum absolute atomic E-state index is 0.0193. The van der Waals surface area contributed by atoms with E-state index in [4.69, 9.17) is 5.73 Å². The predicted octanol–water partition coefficient (Wildman–Crippen LogP) is 0.213. The molecule has 0 heterocycles. The molecule has 1 aromatic rings. The van der Waals surface area contributed by atoms with E-state index in [1.807, 2.05) is 0 Å². The topological polar surface area (TPSA) is 101 Å². The van der Waals surface area contributed by atoms with Crippen molar-refractivity contribution >= 4 is 21.6 Å². The first-order valence-electron chi connectivity index (χ1n) is 5.89. The summed E-state index contributed by atoms with van der Waals surface area (Å²) in [6.45, 7) is 3.36. The van der Waals surface area contributed by atoms with Crippen molar-refractivity contribution in [2.24, 2.45) is 0 Å². The molecule has 0 unspecified atom stereocenters. The molecule has 4 N–H and O–H groups in total. The molecule has 0 saturated heterocycles. The second kappa shape index (κ2) is 6.53. The van der Waals surface area contributed by atoms with Crippen LogP contribution in [0.2, 0.25) is 0 Å². The first kappa shape index (κ1) is 15.5. The van der Waals surface area contributed by atoms with Crippen LogP contribution < -0.4 is 15.8 Å². The lowest BCUT2D eigenvalue weighted by molar-refractivity contribution is -0.120. The summed E-state index contributed by atoms with van der Waals surface area (Å²) >= 11 is 0. The highest BCUT2D eigenvalue weighted by atomic mass is 32.2. The van der Waals surface area contributed by atoms with Crippen LogP contribution in [0.5, 0.6) is 0 Å². The first-order chi connectivity index (χ1) is 8.78. The fraction of sp³-hybridized carbons (Fsp3) is 0.417. The second-order valence-electron chi connectivity index (χ2n) is 4.54. The highest BCUT2D eigenvalue weighted by Gasteiger charge is 2.13. The molecule has 0 radical (unpaired) electrons. The van der Waals surface area contributed by atoms with Gasteiger partial charge in [-0.15, -0.1) is 0 Å². The van der Waals surface area contributed by atoms with E-state index in [2.05, 4.69) is 10.0 Å². The van der Waals surface area contributed by atoms with Crippen LogP contribution in [0.1, 0.15) is 19.4 Å². The third-order valence-corrected chi connectivity index (χ3v) is 3.54. The van der Waals surface area contributed by atoms with Crippen molar-refractivity contribution in [2.75, 3.05) is 12.3 Å². The number of benzene rings is 1. The summed E-state index contributed by atoms with van der Waals surface area (Å²) in [5.41, 5.74) is 6.71. The van der Waals surface area contributed by atoms with Gasteiger partial charge in [0.25, 0.3) is 0 Å². The van der Waals surface area contributed by atoms with Gasteiger partial charge in [-0.1, -0.05) is 12.1 Å². The maximum absolute atomic E-state index is 11.8. The molecule has 0 aliphatic carbocycles. The van der Waals surface area contributed by atoms with Gasteiger partial charge in [-0.3, -0.25) is 4.79 Å². The maximum Gasteiger partial charge on any atom is 0.235 e. The number of sulfonamides is 1. The van der Waals surface area contributed by atoms with Crippen LogP contribution in [0, 0.1) is 0 Å². The SMILES string of the molecule is CC(C)NC(=O)CNS(=O)(=O)Cc1ccc(N)cc1. The lowest BCUT2D eigenvalue weighted by Gasteiger charge is -2.10. The number of carbonyl (C=O) groups is 1. The molecule has 106 valence electrons. The molecule has 0 saturated carbocycles. The van der Waals surface area contributed by atoms with Crippen molar-refractivity contribution in [3.8, 4) is 0 Å². The van der Waals surface area contributed by atoms with Crippen molar-refractivity contribution < 1.29 is 13.2 Å². The van der Waals surface area contributed by atoms with E-state index in [-0.39, 0.29) is 24.2 Å². The van der Waals surface area contributed by atoms with E-state index in [0.717, 1.165) is 0 Å². The molecule has 19 heavy (non-hydrogen) atoms. The van der Waals surface area contributed by atoms with Crippen LogP contribution >= 0.6 is 0 Å². The minimum atomic E-state index is -3.53. The number of nitrogen functional groups attached to an aromatic ring is 1. The Bertz CT molecular complexity index is 524. The zero-order valence-electron chi connectivity index (χ0n) is 11.0. The molecule has 0 bridgehead atoms. The molecular weight excluding hydrogens is 266 g/mol. The summed E-state index contributed by atoms with van der Waals surface area (Å²) in [5, 5.41) is 2.60. The number of anilines is 1. The number of nitrogens with one attached hydrogen (secondary N) is 2. The van der Waals surface area contributed by atoms with E-state index in [1.165, 1.54) is 0 Å². The summed E-state index contributed by atoms with van der Waals surface area (Å²) < 4.78 is 25.8. The van der Waals surface area contributed by atoms with Crippen LogP contribution in [0.15, 0.2) is 24.3 Å². The van der Waals surface area contributed by atoms with Gasteiger partial charge < -0.3 is 11.1 Å². The quantitative estimate of drug-likeness (QED) is 0.650. The Morgan fingerprint density at radius 2 is 1.84 bits per heavy atom. The molecule has 0 spiro atoms. The summed E-state index contributed by atoms with van der Waals surface area (Å²) in [7, 11) is -3.53. The van der Waals surface area contributed by atoms with Crippen LogP contribution in [0.25, 0.3) is 0 Å². The molecule has 6 nitrogen and oxygen atoms in total. The molecule has 0 aliphatic heterocycles. The smallest absolute Gasteiger partial charge is 0.235 e. The number of hydrogen-bond donors (Lipinski definition) is 3. The molecule has 1 amide bonds. The van der Waals surface area contributed by atoms with Gasteiger partial charge in [0.2, 0.25) is 15.9 Å². The first-order valence-corrected chi connectivity index (χ1v) is 7.55. The van der Waals surface area contributed by atoms with E-state index in [1.54, 1.807) is 38.1 Å². The van der Waals surface area contributed by atoms with Gasteiger partial charge >= 0.3 is 0 Å². The van der Waals surface area contributed by atoms with Gasteiger partial charge in [0, 0.05) is 11.7 Å². The van der Waals surface area contributed by atoms with E-state index >= 15 is 0 Å². The number of amides is 1. The summed E-state index contributed by atoms with van der Waals surface area (Å²) in [5.74, 6) is -0.529. The van der Waals surface area contributed by atoms with Crippen molar-refractivity contribution in [1.29, 1.82) is 0 Å². The Hall–Kier alpha value is -1.60. The standard InChI is InChI=1S/C12H19N3O3S/c1-9(2)15-12(16)7-14-19(17,18)8-10-3-5-11(13)6-4-10/h3-6,9,14H,7-8,13H2,1-2H3,(H,15,16). The summed E-state index contributed by atoms with van der Waals surface area (Å²) in [6.07, 6.45) is 0. The largest absolute Gasteiger partial charge is 0.399 e. The van der Waals surface area contributed by atoms with Crippen LogP contribution in [0.3, 0.4) is 0 Å². The molecule has 1 aromatic carbocycles. The number of carbonyl (C=O) groups excluding carboxylic acids is 1. The van der Waals surface area contributed by atoms with Crippen molar-refractivity contribution in [3.63, 3.8) is 0 Å². The Balaban J connectivity index is 2.52. The third-order valence-electron chi connectivity index (χ3n) is 2.24.